The van der Waals surface area contributed by atoms with Gasteiger partial charge in [0.15, 0.2) is 0 Å². The summed E-state index contributed by atoms with van der Waals surface area (Å²) in [6.07, 6.45) is 1.35. The zero-order valence-corrected chi connectivity index (χ0v) is 7.23. The van der Waals surface area contributed by atoms with E-state index in [9.17, 15) is 5.21 Å². The average Bonchev–Trinajstić information content (AvgIpc) is 2.06. The van der Waals surface area contributed by atoms with Gasteiger partial charge in [0.1, 0.15) is 6.34 Å². The number of hydroxylamine groups is 1. The second-order valence-electron chi connectivity index (χ2n) is 2.55. The van der Waals surface area contributed by atoms with Crippen LogP contribution in [0.3, 0.4) is 0 Å². The fourth-order valence-electron chi connectivity index (χ4n) is 0.874. The van der Waals surface area contributed by atoms with Crippen molar-refractivity contribution in [2.75, 3.05) is 12.1 Å². The van der Waals surface area contributed by atoms with Crippen LogP contribution in [0, 0.1) is 6.92 Å². The summed E-state index contributed by atoms with van der Waals surface area (Å²) in [6.45, 7) is 2.00. The van der Waals surface area contributed by atoms with Gasteiger partial charge in [-0.05, 0) is 19.1 Å². The van der Waals surface area contributed by atoms with Crippen LogP contribution in [-0.4, -0.2) is 18.6 Å². The molecule has 0 aliphatic heterocycles. The van der Waals surface area contributed by atoms with Crippen molar-refractivity contribution >= 4 is 12.0 Å². The second kappa shape index (κ2) is 3.88. The van der Waals surface area contributed by atoms with Gasteiger partial charge in [0, 0.05) is 7.05 Å². The first-order valence-electron chi connectivity index (χ1n) is 3.71. The smallest absolute Gasteiger partial charge is 0.115 e. The first-order valence-corrected chi connectivity index (χ1v) is 3.71. The average molecular weight is 164 g/mol. The third-order valence-corrected chi connectivity index (χ3v) is 1.52. The summed E-state index contributed by atoms with van der Waals surface area (Å²) in [4.78, 5) is 3.69. The van der Waals surface area contributed by atoms with Crippen molar-refractivity contribution in [3.8, 4) is 0 Å². The first-order chi connectivity index (χ1) is 5.74. The molecule has 0 fully saturated rings. The van der Waals surface area contributed by atoms with Crippen LogP contribution in [0.15, 0.2) is 29.3 Å². The molecular weight excluding hydrogens is 152 g/mol. The Morgan fingerprint density at radius 1 is 1.33 bits per heavy atom. The Hall–Kier alpha value is -1.35. The van der Waals surface area contributed by atoms with Gasteiger partial charge in [0.2, 0.25) is 0 Å². The zero-order valence-electron chi connectivity index (χ0n) is 7.23. The largest absolute Gasteiger partial charge is 0.283 e. The number of aliphatic imine (C=N–C) groups is 1. The zero-order chi connectivity index (χ0) is 8.97. The molecule has 64 valence electrons. The number of hydrogen-bond donors (Lipinski definition) is 1. The molecule has 1 N–H and O–H groups in total. The van der Waals surface area contributed by atoms with Crippen LogP contribution in [0.2, 0.25) is 0 Å². The van der Waals surface area contributed by atoms with Crippen LogP contribution in [0.25, 0.3) is 0 Å². The molecule has 1 aromatic rings. The number of anilines is 1. The Morgan fingerprint density at radius 3 is 2.42 bits per heavy atom. The predicted molar refractivity (Wildman–Crippen MR) is 49.9 cm³/mol. The molecule has 0 atom stereocenters. The normalized spacial score (nSPS) is 10.6. The molecule has 0 amide bonds. The SMILES string of the molecule is CN=CN(O)c1ccc(C)cc1. The number of rotatable bonds is 2. The maximum absolute atomic E-state index is 9.30. The fourth-order valence-corrected chi connectivity index (χ4v) is 0.874. The van der Waals surface area contributed by atoms with Crippen molar-refractivity contribution < 1.29 is 5.21 Å². The third-order valence-electron chi connectivity index (χ3n) is 1.52. The first kappa shape index (κ1) is 8.74. The summed E-state index contributed by atoms with van der Waals surface area (Å²) >= 11 is 0. The third kappa shape index (κ3) is 2.07. The highest BCUT2D eigenvalue weighted by atomic mass is 16.5. The minimum Gasteiger partial charge on any atom is -0.283 e. The van der Waals surface area contributed by atoms with E-state index in [2.05, 4.69) is 4.99 Å². The van der Waals surface area contributed by atoms with Crippen LogP contribution in [0.4, 0.5) is 5.69 Å². The molecule has 0 heterocycles. The molecule has 1 aromatic carbocycles. The maximum Gasteiger partial charge on any atom is 0.115 e. The Balaban J connectivity index is 2.82. The van der Waals surface area contributed by atoms with Crippen LogP contribution in [0.5, 0.6) is 0 Å². The fraction of sp³-hybridized carbons (Fsp3) is 0.222. The van der Waals surface area contributed by atoms with E-state index in [1.54, 1.807) is 7.05 Å². The van der Waals surface area contributed by atoms with Gasteiger partial charge in [-0.2, -0.15) is 0 Å². The Kier molecular flexibility index (Phi) is 2.82. The van der Waals surface area contributed by atoms with E-state index >= 15 is 0 Å². The summed E-state index contributed by atoms with van der Waals surface area (Å²) in [5, 5.41) is 10.3. The summed E-state index contributed by atoms with van der Waals surface area (Å²) in [6, 6.07) is 7.53. The summed E-state index contributed by atoms with van der Waals surface area (Å²) in [5.41, 5.74) is 1.88. The van der Waals surface area contributed by atoms with Crippen LogP contribution in [-0.2, 0) is 0 Å². The molecule has 3 heteroatoms. The van der Waals surface area contributed by atoms with Crippen LogP contribution >= 0.6 is 0 Å². The summed E-state index contributed by atoms with van der Waals surface area (Å²) in [7, 11) is 1.61. The van der Waals surface area contributed by atoms with E-state index in [4.69, 9.17) is 0 Å². The molecule has 0 aliphatic rings. The standard InChI is InChI=1S/C9H12N2O/c1-8-3-5-9(6-4-8)11(12)7-10-2/h3-7,12H,1-2H3. The molecule has 1 rings (SSSR count). The van der Waals surface area contributed by atoms with Gasteiger partial charge >= 0.3 is 0 Å². The molecule has 0 unspecified atom stereocenters. The van der Waals surface area contributed by atoms with E-state index in [1.165, 1.54) is 11.9 Å². The van der Waals surface area contributed by atoms with E-state index in [0.717, 1.165) is 5.06 Å². The van der Waals surface area contributed by atoms with Gasteiger partial charge in [0.05, 0.1) is 5.69 Å². The topological polar surface area (TPSA) is 35.8 Å². The molecule has 0 radical (unpaired) electrons. The lowest BCUT2D eigenvalue weighted by atomic mass is 10.2. The molecule has 0 saturated carbocycles. The number of nitrogens with zero attached hydrogens (tertiary/aromatic N) is 2. The monoisotopic (exact) mass is 164 g/mol. The number of benzene rings is 1. The lowest BCUT2D eigenvalue weighted by molar-refractivity contribution is 0.316. The molecule has 0 spiro atoms. The van der Waals surface area contributed by atoms with Gasteiger partial charge < -0.3 is 0 Å². The highest BCUT2D eigenvalue weighted by Gasteiger charge is 1.96. The van der Waals surface area contributed by atoms with E-state index in [-0.39, 0.29) is 0 Å². The number of aryl methyl sites for hydroxylation is 1. The molecule has 0 aliphatic carbocycles. The van der Waals surface area contributed by atoms with Gasteiger partial charge in [-0.25, -0.2) is 5.06 Å². The van der Waals surface area contributed by atoms with Crippen molar-refractivity contribution in [2.45, 2.75) is 6.92 Å². The van der Waals surface area contributed by atoms with Crippen LogP contribution < -0.4 is 5.06 Å². The van der Waals surface area contributed by atoms with Gasteiger partial charge in [-0.3, -0.25) is 10.2 Å². The van der Waals surface area contributed by atoms with Gasteiger partial charge in [-0.1, -0.05) is 17.7 Å². The Morgan fingerprint density at radius 2 is 1.92 bits per heavy atom. The van der Waals surface area contributed by atoms with Gasteiger partial charge in [0.25, 0.3) is 0 Å². The highest BCUT2D eigenvalue weighted by Crippen LogP contribution is 2.11. The molecule has 12 heavy (non-hydrogen) atoms. The lowest BCUT2D eigenvalue weighted by Crippen LogP contribution is -2.14. The quantitative estimate of drug-likeness (QED) is 0.411. The molecule has 0 saturated heterocycles. The van der Waals surface area contributed by atoms with E-state index < -0.39 is 0 Å². The predicted octanol–water partition coefficient (Wildman–Crippen LogP) is 1.85. The van der Waals surface area contributed by atoms with E-state index in [0.29, 0.717) is 5.69 Å². The summed E-state index contributed by atoms with van der Waals surface area (Å²) in [5.74, 6) is 0. The van der Waals surface area contributed by atoms with Crippen molar-refractivity contribution in [3.05, 3.63) is 29.8 Å². The van der Waals surface area contributed by atoms with Crippen LogP contribution in [0.1, 0.15) is 5.56 Å². The second-order valence-corrected chi connectivity index (χ2v) is 2.55. The minimum absolute atomic E-state index is 0.714. The summed E-state index contributed by atoms with van der Waals surface area (Å²) < 4.78 is 0. The van der Waals surface area contributed by atoms with Crippen molar-refractivity contribution in [1.82, 2.24) is 0 Å². The lowest BCUT2D eigenvalue weighted by Gasteiger charge is -2.09. The Bertz CT molecular complexity index is 266. The Labute approximate surface area is 71.9 Å². The number of hydrogen-bond acceptors (Lipinski definition) is 2. The van der Waals surface area contributed by atoms with Crippen molar-refractivity contribution in [3.63, 3.8) is 0 Å². The molecular formula is C9H12N2O. The van der Waals surface area contributed by atoms with E-state index in [1.807, 2.05) is 31.2 Å². The maximum atomic E-state index is 9.30. The molecule has 0 bridgehead atoms. The highest BCUT2D eigenvalue weighted by molar-refractivity contribution is 5.75. The van der Waals surface area contributed by atoms with Crippen molar-refractivity contribution in [2.24, 2.45) is 4.99 Å². The van der Waals surface area contributed by atoms with Crippen molar-refractivity contribution in [1.29, 1.82) is 0 Å². The molecule has 0 aromatic heterocycles. The van der Waals surface area contributed by atoms with Gasteiger partial charge in [-0.15, -0.1) is 0 Å². The minimum atomic E-state index is 0.714. The molecule has 3 nitrogen and oxygen atoms in total.